The van der Waals surface area contributed by atoms with Crippen LogP contribution in [-0.2, 0) is 4.79 Å². The predicted octanol–water partition coefficient (Wildman–Crippen LogP) is 2.90. The van der Waals surface area contributed by atoms with Gasteiger partial charge in [0.2, 0.25) is 5.91 Å². The lowest BCUT2D eigenvalue weighted by Gasteiger charge is -2.11. The predicted molar refractivity (Wildman–Crippen MR) is 66.1 cm³/mol. The second kappa shape index (κ2) is 6.14. The molecule has 0 radical (unpaired) electrons. The molecule has 98 valence electrons. The van der Waals surface area contributed by atoms with Crippen LogP contribution in [0.2, 0.25) is 0 Å². The minimum Gasteiger partial charge on any atom is -0.478 e. The van der Waals surface area contributed by atoms with Gasteiger partial charge in [0, 0.05) is 6.42 Å². The van der Waals surface area contributed by atoms with E-state index in [1.807, 2.05) is 13.8 Å². The summed E-state index contributed by atoms with van der Waals surface area (Å²) in [4.78, 5) is 22.6. The second-order valence-corrected chi connectivity index (χ2v) is 4.23. The highest BCUT2D eigenvalue weighted by atomic mass is 19.1. The zero-order valence-corrected chi connectivity index (χ0v) is 10.4. The lowest BCUT2D eigenvalue weighted by molar-refractivity contribution is -0.117. The summed E-state index contributed by atoms with van der Waals surface area (Å²) in [5.41, 5.74) is -0.509. The molecule has 0 saturated heterocycles. The van der Waals surface area contributed by atoms with Gasteiger partial charge in [-0.25, -0.2) is 9.18 Å². The summed E-state index contributed by atoms with van der Waals surface area (Å²) in [6.07, 6.45) is 1.13. The number of hydrogen-bond acceptors (Lipinski definition) is 2. The summed E-state index contributed by atoms with van der Waals surface area (Å²) in [5.74, 6) is -2.36. The van der Waals surface area contributed by atoms with Gasteiger partial charge in [0.15, 0.2) is 0 Å². The summed E-state index contributed by atoms with van der Waals surface area (Å²) >= 11 is 0. The number of benzene rings is 1. The van der Waals surface area contributed by atoms with Gasteiger partial charge in [-0.1, -0.05) is 26.3 Å². The molecule has 1 amide bonds. The van der Waals surface area contributed by atoms with Crippen LogP contribution >= 0.6 is 0 Å². The van der Waals surface area contributed by atoms with Gasteiger partial charge < -0.3 is 10.4 Å². The Labute approximate surface area is 105 Å². The van der Waals surface area contributed by atoms with Crippen molar-refractivity contribution in [3.63, 3.8) is 0 Å². The highest BCUT2D eigenvalue weighted by Gasteiger charge is 2.17. The molecule has 0 aliphatic carbocycles. The van der Waals surface area contributed by atoms with Gasteiger partial charge in [-0.15, -0.1) is 0 Å². The molecule has 5 heteroatoms. The Hall–Kier alpha value is -1.91. The summed E-state index contributed by atoms with van der Waals surface area (Å²) in [6, 6.07) is 3.79. The normalized spacial score (nSPS) is 11.9. The number of nitrogens with one attached hydrogen (secondary N) is 1. The lowest BCUT2D eigenvalue weighted by Crippen LogP contribution is -2.17. The summed E-state index contributed by atoms with van der Waals surface area (Å²) in [5, 5.41) is 11.3. The number of anilines is 1. The third-order valence-electron chi connectivity index (χ3n) is 2.73. The van der Waals surface area contributed by atoms with E-state index in [9.17, 15) is 14.0 Å². The Kier molecular flexibility index (Phi) is 4.83. The van der Waals surface area contributed by atoms with Crippen molar-refractivity contribution >= 4 is 17.6 Å². The zero-order chi connectivity index (χ0) is 13.7. The highest BCUT2D eigenvalue weighted by molar-refractivity contribution is 6.00. The third kappa shape index (κ3) is 3.55. The third-order valence-corrected chi connectivity index (χ3v) is 2.73. The summed E-state index contributed by atoms with van der Waals surface area (Å²) < 4.78 is 13.3. The first-order valence-electron chi connectivity index (χ1n) is 5.77. The van der Waals surface area contributed by atoms with E-state index in [4.69, 9.17) is 5.11 Å². The molecule has 0 spiro atoms. The first-order valence-corrected chi connectivity index (χ1v) is 5.77. The topological polar surface area (TPSA) is 66.4 Å². The van der Waals surface area contributed by atoms with Gasteiger partial charge in [-0.3, -0.25) is 4.79 Å². The molecule has 1 aromatic carbocycles. The van der Waals surface area contributed by atoms with E-state index in [2.05, 4.69) is 5.32 Å². The monoisotopic (exact) mass is 253 g/mol. The van der Waals surface area contributed by atoms with Gasteiger partial charge >= 0.3 is 5.97 Å². The van der Waals surface area contributed by atoms with Crippen LogP contribution in [0.25, 0.3) is 0 Å². The van der Waals surface area contributed by atoms with Crippen molar-refractivity contribution in [1.82, 2.24) is 0 Å². The maximum atomic E-state index is 13.3. The smallest absolute Gasteiger partial charge is 0.340 e. The van der Waals surface area contributed by atoms with Crippen LogP contribution in [0, 0.1) is 11.7 Å². The Morgan fingerprint density at radius 1 is 1.44 bits per heavy atom. The van der Waals surface area contributed by atoms with E-state index < -0.39 is 17.3 Å². The van der Waals surface area contributed by atoms with Crippen molar-refractivity contribution < 1.29 is 19.1 Å². The number of rotatable bonds is 5. The number of carbonyl (C=O) groups is 2. The van der Waals surface area contributed by atoms with E-state index in [0.29, 0.717) is 0 Å². The van der Waals surface area contributed by atoms with Crippen LogP contribution in [0.15, 0.2) is 18.2 Å². The van der Waals surface area contributed by atoms with Gasteiger partial charge in [0.25, 0.3) is 0 Å². The van der Waals surface area contributed by atoms with E-state index in [0.717, 1.165) is 12.5 Å². The highest BCUT2D eigenvalue weighted by Crippen LogP contribution is 2.20. The first-order chi connectivity index (χ1) is 8.45. The summed E-state index contributed by atoms with van der Waals surface area (Å²) in [6.45, 7) is 3.88. The number of amides is 1. The molecule has 18 heavy (non-hydrogen) atoms. The Morgan fingerprint density at radius 2 is 2.11 bits per heavy atom. The molecule has 1 aromatic rings. The van der Waals surface area contributed by atoms with Crippen molar-refractivity contribution in [2.75, 3.05) is 5.32 Å². The van der Waals surface area contributed by atoms with Crippen LogP contribution in [0.4, 0.5) is 10.1 Å². The minimum absolute atomic E-state index is 0.00389. The molecule has 0 aliphatic heterocycles. The van der Waals surface area contributed by atoms with E-state index in [-0.39, 0.29) is 23.9 Å². The molecule has 0 heterocycles. The SMILES string of the molecule is CCC(C)CC(=O)Nc1cccc(F)c1C(=O)O. The molecule has 0 aliphatic rings. The van der Waals surface area contributed by atoms with Gasteiger partial charge in [0.05, 0.1) is 5.69 Å². The average molecular weight is 253 g/mol. The number of carboxylic acids is 1. The molecule has 1 unspecified atom stereocenters. The van der Waals surface area contributed by atoms with Crippen molar-refractivity contribution in [2.45, 2.75) is 26.7 Å². The quantitative estimate of drug-likeness (QED) is 0.847. The van der Waals surface area contributed by atoms with Gasteiger partial charge in [-0.2, -0.15) is 0 Å². The zero-order valence-electron chi connectivity index (χ0n) is 10.4. The maximum Gasteiger partial charge on any atom is 0.340 e. The molecule has 4 nitrogen and oxygen atoms in total. The number of carboxylic acid groups (broad SMARTS) is 1. The van der Waals surface area contributed by atoms with Crippen molar-refractivity contribution in [3.05, 3.63) is 29.6 Å². The standard InChI is InChI=1S/C13H16FNO3/c1-3-8(2)7-11(16)15-10-6-4-5-9(14)12(10)13(17)18/h4-6,8H,3,7H2,1-2H3,(H,15,16)(H,17,18). The fraction of sp³-hybridized carbons (Fsp3) is 0.385. The molecule has 1 atom stereocenters. The fourth-order valence-corrected chi connectivity index (χ4v) is 1.51. The molecule has 0 bridgehead atoms. The number of hydrogen-bond donors (Lipinski definition) is 2. The molecule has 2 N–H and O–H groups in total. The molecular formula is C13H16FNO3. The number of carbonyl (C=O) groups excluding carboxylic acids is 1. The average Bonchev–Trinajstić information content (AvgIpc) is 2.28. The fourth-order valence-electron chi connectivity index (χ4n) is 1.51. The van der Waals surface area contributed by atoms with E-state index in [1.165, 1.54) is 12.1 Å². The van der Waals surface area contributed by atoms with Crippen molar-refractivity contribution in [1.29, 1.82) is 0 Å². The number of aromatic carboxylic acids is 1. The number of halogens is 1. The Morgan fingerprint density at radius 3 is 2.67 bits per heavy atom. The van der Waals surface area contributed by atoms with Crippen molar-refractivity contribution in [3.8, 4) is 0 Å². The second-order valence-electron chi connectivity index (χ2n) is 4.23. The van der Waals surface area contributed by atoms with Crippen LogP contribution in [0.3, 0.4) is 0 Å². The van der Waals surface area contributed by atoms with Gasteiger partial charge in [-0.05, 0) is 18.1 Å². The largest absolute Gasteiger partial charge is 0.478 e. The molecule has 0 fully saturated rings. The van der Waals surface area contributed by atoms with Crippen LogP contribution in [-0.4, -0.2) is 17.0 Å². The van der Waals surface area contributed by atoms with Crippen LogP contribution < -0.4 is 5.32 Å². The molecule has 0 saturated carbocycles. The Balaban J connectivity index is 2.88. The maximum absolute atomic E-state index is 13.3. The lowest BCUT2D eigenvalue weighted by atomic mass is 10.0. The molecule has 1 rings (SSSR count). The van der Waals surface area contributed by atoms with Crippen LogP contribution in [0.5, 0.6) is 0 Å². The molecule has 0 aromatic heterocycles. The minimum atomic E-state index is -1.40. The Bertz CT molecular complexity index is 460. The van der Waals surface area contributed by atoms with Crippen LogP contribution in [0.1, 0.15) is 37.0 Å². The van der Waals surface area contributed by atoms with E-state index in [1.54, 1.807) is 0 Å². The first kappa shape index (κ1) is 14.2. The van der Waals surface area contributed by atoms with E-state index >= 15 is 0 Å². The molecular weight excluding hydrogens is 237 g/mol. The van der Waals surface area contributed by atoms with Gasteiger partial charge in [0.1, 0.15) is 11.4 Å². The van der Waals surface area contributed by atoms with Crippen molar-refractivity contribution in [2.24, 2.45) is 5.92 Å². The summed E-state index contributed by atoms with van der Waals surface area (Å²) in [7, 11) is 0.